The Labute approximate surface area is 190 Å². The van der Waals surface area contributed by atoms with Crippen molar-refractivity contribution >= 4 is 11.4 Å². The highest BCUT2D eigenvalue weighted by atomic mass is 16.3. The second-order valence-electron chi connectivity index (χ2n) is 8.63. The average Bonchev–Trinajstić information content (AvgIpc) is 3.48. The van der Waals surface area contributed by atoms with Gasteiger partial charge in [-0.3, -0.25) is 9.36 Å². The summed E-state index contributed by atoms with van der Waals surface area (Å²) < 4.78 is 1.62. The Morgan fingerprint density at radius 1 is 0.939 bits per heavy atom. The number of nitrogens with zero attached hydrogens (tertiary/aromatic N) is 4. The number of aromatic nitrogens is 3. The zero-order chi connectivity index (χ0) is 22.8. The molecule has 1 aliphatic carbocycles. The molecule has 2 heterocycles. The van der Waals surface area contributed by atoms with Gasteiger partial charge in [-0.2, -0.15) is 0 Å². The van der Waals surface area contributed by atoms with Gasteiger partial charge in [0.25, 0.3) is 5.56 Å². The number of fused-ring (bicyclic) bond motifs is 1. The Morgan fingerprint density at radius 3 is 2.21 bits per heavy atom. The van der Waals surface area contributed by atoms with Crippen LogP contribution in [-0.2, 0) is 12.8 Å². The van der Waals surface area contributed by atoms with E-state index in [1.807, 2.05) is 12.1 Å². The number of hydrogen-bond donors (Lipinski definition) is 1. The minimum atomic E-state index is -0.156. The summed E-state index contributed by atoms with van der Waals surface area (Å²) in [7, 11) is 0. The number of nitrogens with one attached hydrogen (secondary N) is 1. The van der Waals surface area contributed by atoms with Gasteiger partial charge in [-0.05, 0) is 58.1 Å². The number of rotatable bonds is 7. The van der Waals surface area contributed by atoms with Crippen LogP contribution in [-0.4, -0.2) is 14.5 Å². The van der Waals surface area contributed by atoms with Crippen LogP contribution in [0.3, 0.4) is 0 Å². The molecule has 166 valence electrons. The lowest BCUT2D eigenvalue weighted by molar-refractivity contribution is 0.536. The number of hydrogen-bond acceptors (Lipinski definition) is 6. The lowest BCUT2D eigenvalue weighted by atomic mass is 10.0. The lowest BCUT2D eigenvalue weighted by Gasteiger charge is -2.16. The van der Waals surface area contributed by atoms with E-state index in [4.69, 9.17) is 4.98 Å². The molecule has 1 fully saturated rings. The molecule has 0 atom stereocenters. The van der Waals surface area contributed by atoms with E-state index in [-0.39, 0.29) is 5.56 Å². The normalized spacial score (nSPS) is 14.1. The van der Waals surface area contributed by atoms with E-state index in [9.17, 15) is 14.6 Å². The van der Waals surface area contributed by atoms with Crippen molar-refractivity contribution in [1.29, 1.82) is 0 Å². The fourth-order valence-electron chi connectivity index (χ4n) is 4.65. The van der Waals surface area contributed by atoms with Crippen molar-refractivity contribution in [1.82, 2.24) is 14.5 Å². The maximum absolute atomic E-state index is 13.3. The van der Waals surface area contributed by atoms with Crippen molar-refractivity contribution in [2.75, 3.05) is 0 Å². The van der Waals surface area contributed by atoms with Crippen LogP contribution in [0.4, 0.5) is 11.4 Å². The van der Waals surface area contributed by atoms with Gasteiger partial charge in [-0.25, -0.2) is 4.98 Å². The van der Waals surface area contributed by atoms with Gasteiger partial charge in [-0.15, -0.1) is 9.81 Å². The molecule has 0 bridgehead atoms. The third-order valence-corrected chi connectivity index (χ3v) is 6.41. The van der Waals surface area contributed by atoms with E-state index in [2.05, 4.69) is 15.3 Å². The van der Waals surface area contributed by atoms with Crippen molar-refractivity contribution in [2.24, 2.45) is 16.3 Å². The van der Waals surface area contributed by atoms with Gasteiger partial charge in [0.15, 0.2) is 5.82 Å². The Kier molecular flexibility index (Phi) is 5.64. The average molecular weight is 441 g/mol. The summed E-state index contributed by atoms with van der Waals surface area (Å²) in [6.45, 7) is 0. The largest absolute Gasteiger partial charge is 0.354 e. The Balaban J connectivity index is 1.57. The van der Waals surface area contributed by atoms with Crippen LogP contribution in [0.1, 0.15) is 42.6 Å². The maximum atomic E-state index is 13.3. The predicted molar refractivity (Wildman–Crippen MR) is 127 cm³/mol. The first-order valence-electron chi connectivity index (χ1n) is 11.1. The molecule has 8 nitrogen and oxygen atoms in total. The van der Waals surface area contributed by atoms with E-state index in [0.29, 0.717) is 35.2 Å². The zero-order valence-electron chi connectivity index (χ0n) is 18.0. The van der Waals surface area contributed by atoms with Gasteiger partial charge < -0.3 is 4.98 Å². The van der Waals surface area contributed by atoms with Gasteiger partial charge >= 0.3 is 0 Å². The molecule has 33 heavy (non-hydrogen) atoms. The molecule has 0 spiro atoms. The SMILES string of the molecule is O=Nc1ccc(Cc2nc3c(CC4CCCC4)[nH]c(-c4ccc(N=O)cc4)cn-3c2=O)cc1. The molecule has 2 aromatic carbocycles. The van der Waals surface area contributed by atoms with Crippen molar-refractivity contribution < 1.29 is 0 Å². The van der Waals surface area contributed by atoms with Crippen molar-refractivity contribution in [3.8, 4) is 17.1 Å². The molecule has 0 radical (unpaired) electrons. The van der Waals surface area contributed by atoms with E-state index >= 15 is 0 Å². The molecular weight excluding hydrogens is 418 g/mol. The van der Waals surface area contributed by atoms with Gasteiger partial charge in [0.05, 0.1) is 11.4 Å². The van der Waals surface area contributed by atoms with Crippen LogP contribution in [0.15, 0.2) is 69.9 Å². The molecule has 1 saturated carbocycles. The number of benzene rings is 2. The summed E-state index contributed by atoms with van der Waals surface area (Å²) >= 11 is 0. The molecule has 8 heteroatoms. The van der Waals surface area contributed by atoms with Crippen LogP contribution >= 0.6 is 0 Å². The molecule has 5 rings (SSSR count). The molecule has 2 aromatic rings. The van der Waals surface area contributed by atoms with Crippen LogP contribution in [0.5, 0.6) is 0 Å². The van der Waals surface area contributed by atoms with Crippen LogP contribution in [0, 0.1) is 15.7 Å². The summed E-state index contributed by atoms with van der Waals surface area (Å²) in [6, 6.07) is 13.8. The Morgan fingerprint density at radius 2 is 1.58 bits per heavy atom. The van der Waals surface area contributed by atoms with Crippen molar-refractivity contribution in [3.63, 3.8) is 0 Å². The number of nitroso groups, excluding NO2 is 2. The summed E-state index contributed by atoms with van der Waals surface area (Å²) in [5, 5.41) is 5.88. The molecule has 0 unspecified atom stereocenters. The highest BCUT2D eigenvalue weighted by molar-refractivity contribution is 5.62. The van der Waals surface area contributed by atoms with E-state index in [1.54, 1.807) is 47.2 Å². The second kappa shape index (κ2) is 8.90. The summed E-state index contributed by atoms with van der Waals surface area (Å²) in [5.74, 6) is 1.23. The number of H-pyrrole nitrogens is 1. The Bertz CT molecular complexity index is 1320. The molecule has 1 N–H and O–H groups in total. The first kappa shape index (κ1) is 20.9. The van der Waals surface area contributed by atoms with Gasteiger partial charge in [0, 0.05) is 12.6 Å². The smallest absolute Gasteiger partial charge is 0.278 e. The van der Waals surface area contributed by atoms with Crippen molar-refractivity contribution in [3.05, 3.63) is 91.8 Å². The van der Waals surface area contributed by atoms with E-state index < -0.39 is 0 Å². The van der Waals surface area contributed by atoms with Crippen LogP contribution in [0.2, 0.25) is 0 Å². The summed E-state index contributed by atoms with van der Waals surface area (Å²) in [4.78, 5) is 43.0. The summed E-state index contributed by atoms with van der Waals surface area (Å²) in [5.41, 5.74) is 4.50. The highest BCUT2D eigenvalue weighted by Crippen LogP contribution is 2.31. The standard InChI is InChI=1S/C25H23N5O3/c31-25-22(14-17-5-9-19(28-32)10-6-17)27-24-21(13-16-3-1-2-4-16)26-23(15-30(24)25)18-7-11-20(29-33)12-8-18/h5-12,15-16,26H,1-4,13-14H2. The molecule has 0 amide bonds. The van der Waals surface area contributed by atoms with Gasteiger partial charge in [0.1, 0.15) is 17.1 Å². The number of imidazole rings is 1. The van der Waals surface area contributed by atoms with Gasteiger partial charge in [0.2, 0.25) is 0 Å². The third kappa shape index (κ3) is 4.24. The van der Waals surface area contributed by atoms with Gasteiger partial charge in [-0.1, -0.05) is 49.9 Å². The molecule has 3 aliphatic rings. The van der Waals surface area contributed by atoms with Crippen LogP contribution in [0.25, 0.3) is 17.1 Å². The zero-order valence-corrected chi connectivity index (χ0v) is 18.0. The molecule has 0 saturated heterocycles. The summed E-state index contributed by atoms with van der Waals surface area (Å²) in [6.07, 6.45) is 7.81. The molecule has 0 aromatic heterocycles. The maximum Gasteiger partial charge on any atom is 0.278 e. The van der Waals surface area contributed by atoms with Crippen molar-refractivity contribution in [2.45, 2.75) is 38.5 Å². The fraction of sp³-hybridized carbons (Fsp3) is 0.280. The topological polar surface area (TPSA) is 110 Å². The second-order valence-corrected chi connectivity index (χ2v) is 8.63. The van der Waals surface area contributed by atoms with Crippen LogP contribution < -0.4 is 5.56 Å². The number of aromatic amines is 1. The van der Waals surface area contributed by atoms with E-state index in [1.165, 1.54) is 25.7 Å². The van der Waals surface area contributed by atoms with E-state index in [0.717, 1.165) is 28.9 Å². The first-order valence-corrected chi connectivity index (χ1v) is 11.1. The predicted octanol–water partition coefficient (Wildman–Crippen LogP) is 5.78. The lowest BCUT2D eigenvalue weighted by Crippen LogP contribution is -2.18. The fourth-order valence-corrected chi connectivity index (χ4v) is 4.65. The molecule has 2 aliphatic heterocycles. The quantitative estimate of drug-likeness (QED) is 0.366. The molecular formula is C25H23N5O3. The Hall–Kier alpha value is -3.94. The minimum absolute atomic E-state index is 0.156. The first-order chi connectivity index (χ1) is 16.1. The third-order valence-electron chi connectivity index (χ3n) is 6.41. The highest BCUT2D eigenvalue weighted by Gasteiger charge is 2.23. The monoisotopic (exact) mass is 441 g/mol. The minimum Gasteiger partial charge on any atom is -0.354 e.